The van der Waals surface area contributed by atoms with Crippen molar-refractivity contribution in [3.05, 3.63) is 0 Å². The SMILES string of the molecule is CCC(C)C1CNC(C)C(C)O1. The van der Waals surface area contributed by atoms with Gasteiger partial charge in [-0.2, -0.15) is 0 Å². The molecule has 0 radical (unpaired) electrons. The fraction of sp³-hybridized carbons (Fsp3) is 1.00. The predicted octanol–water partition coefficient (Wildman–Crippen LogP) is 1.80. The van der Waals surface area contributed by atoms with E-state index in [9.17, 15) is 0 Å². The fourth-order valence-electron chi connectivity index (χ4n) is 1.51. The summed E-state index contributed by atoms with van der Waals surface area (Å²) in [5.74, 6) is 0.674. The first-order chi connectivity index (χ1) is 5.65. The molecule has 0 amide bonds. The zero-order valence-corrected chi connectivity index (χ0v) is 8.63. The van der Waals surface area contributed by atoms with Gasteiger partial charge in [-0.25, -0.2) is 0 Å². The molecule has 1 aliphatic heterocycles. The monoisotopic (exact) mass is 171 g/mol. The number of nitrogens with one attached hydrogen (secondary N) is 1. The summed E-state index contributed by atoms with van der Waals surface area (Å²) in [6.45, 7) is 9.82. The lowest BCUT2D eigenvalue weighted by atomic mass is 9.99. The fourth-order valence-corrected chi connectivity index (χ4v) is 1.51. The Morgan fingerprint density at radius 1 is 1.50 bits per heavy atom. The van der Waals surface area contributed by atoms with E-state index in [-0.39, 0.29) is 0 Å². The average Bonchev–Trinajstić information content (AvgIpc) is 2.08. The van der Waals surface area contributed by atoms with Gasteiger partial charge in [0.15, 0.2) is 0 Å². The Morgan fingerprint density at radius 3 is 2.67 bits per heavy atom. The van der Waals surface area contributed by atoms with Crippen molar-refractivity contribution in [2.24, 2.45) is 5.92 Å². The summed E-state index contributed by atoms with van der Waals surface area (Å²) >= 11 is 0. The van der Waals surface area contributed by atoms with Crippen molar-refractivity contribution in [3.8, 4) is 0 Å². The summed E-state index contributed by atoms with van der Waals surface area (Å²) in [7, 11) is 0. The molecule has 72 valence electrons. The predicted molar refractivity (Wildman–Crippen MR) is 51.3 cm³/mol. The minimum Gasteiger partial charge on any atom is -0.372 e. The van der Waals surface area contributed by atoms with E-state index in [0.29, 0.717) is 24.2 Å². The lowest BCUT2D eigenvalue weighted by Gasteiger charge is -2.36. The number of hydrogen-bond acceptors (Lipinski definition) is 2. The summed E-state index contributed by atoms with van der Waals surface area (Å²) in [4.78, 5) is 0. The van der Waals surface area contributed by atoms with E-state index in [2.05, 4.69) is 33.0 Å². The zero-order chi connectivity index (χ0) is 9.14. The lowest BCUT2D eigenvalue weighted by Crippen LogP contribution is -2.51. The van der Waals surface area contributed by atoms with E-state index in [4.69, 9.17) is 4.74 Å². The second-order valence-corrected chi connectivity index (χ2v) is 3.96. The van der Waals surface area contributed by atoms with Crippen LogP contribution in [0, 0.1) is 5.92 Å². The van der Waals surface area contributed by atoms with Gasteiger partial charge in [0.25, 0.3) is 0 Å². The molecule has 4 atom stereocenters. The van der Waals surface area contributed by atoms with Gasteiger partial charge in [0.2, 0.25) is 0 Å². The summed E-state index contributed by atoms with van der Waals surface area (Å²) in [6, 6.07) is 0.505. The second-order valence-electron chi connectivity index (χ2n) is 3.96. The van der Waals surface area contributed by atoms with Crippen LogP contribution in [-0.2, 0) is 4.74 Å². The molecule has 1 heterocycles. The topological polar surface area (TPSA) is 21.3 Å². The van der Waals surface area contributed by atoms with Gasteiger partial charge >= 0.3 is 0 Å². The number of morpholine rings is 1. The summed E-state index contributed by atoms with van der Waals surface area (Å²) in [6.07, 6.45) is 1.98. The normalized spacial score (nSPS) is 39.5. The third-order valence-electron chi connectivity index (χ3n) is 3.01. The first kappa shape index (κ1) is 10.0. The highest BCUT2D eigenvalue weighted by Gasteiger charge is 2.27. The maximum absolute atomic E-state index is 5.89. The van der Waals surface area contributed by atoms with Crippen molar-refractivity contribution in [1.29, 1.82) is 0 Å². The first-order valence-corrected chi connectivity index (χ1v) is 5.04. The highest BCUT2D eigenvalue weighted by molar-refractivity contribution is 4.80. The summed E-state index contributed by atoms with van der Waals surface area (Å²) in [5, 5.41) is 3.47. The van der Waals surface area contributed by atoms with E-state index in [0.717, 1.165) is 6.54 Å². The van der Waals surface area contributed by atoms with Gasteiger partial charge in [-0.15, -0.1) is 0 Å². The van der Waals surface area contributed by atoms with E-state index in [1.54, 1.807) is 0 Å². The van der Waals surface area contributed by atoms with E-state index in [1.807, 2.05) is 0 Å². The molecule has 1 fully saturated rings. The number of hydrogen-bond donors (Lipinski definition) is 1. The van der Waals surface area contributed by atoms with Crippen LogP contribution in [0.15, 0.2) is 0 Å². The van der Waals surface area contributed by atoms with Gasteiger partial charge in [-0.1, -0.05) is 20.3 Å². The molecule has 0 aliphatic carbocycles. The minimum atomic E-state index is 0.359. The summed E-state index contributed by atoms with van der Waals surface area (Å²) in [5.41, 5.74) is 0. The van der Waals surface area contributed by atoms with E-state index >= 15 is 0 Å². The first-order valence-electron chi connectivity index (χ1n) is 5.04. The highest BCUT2D eigenvalue weighted by Crippen LogP contribution is 2.17. The maximum atomic E-state index is 5.89. The molecular weight excluding hydrogens is 150 g/mol. The maximum Gasteiger partial charge on any atom is 0.0729 e. The van der Waals surface area contributed by atoms with Crippen LogP contribution in [0.4, 0.5) is 0 Å². The third-order valence-corrected chi connectivity index (χ3v) is 3.01. The van der Waals surface area contributed by atoms with E-state index < -0.39 is 0 Å². The molecule has 0 spiro atoms. The average molecular weight is 171 g/mol. The molecule has 2 nitrogen and oxygen atoms in total. The van der Waals surface area contributed by atoms with Gasteiger partial charge in [0.05, 0.1) is 12.2 Å². The van der Waals surface area contributed by atoms with Gasteiger partial charge in [0, 0.05) is 12.6 Å². The van der Waals surface area contributed by atoms with Crippen LogP contribution in [-0.4, -0.2) is 24.8 Å². The van der Waals surface area contributed by atoms with Crippen LogP contribution < -0.4 is 5.32 Å². The van der Waals surface area contributed by atoms with Gasteiger partial charge < -0.3 is 10.1 Å². The van der Waals surface area contributed by atoms with Crippen molar-refractivity contribution in [3.63, 3.8) is 0 Å². The molecule has 1 rings (SSSR count). The second kappa shape index (κ2) is 4.24. The Labute approximate surface area is 75.7 Å². The lowest BCUT2D eigenvalue weighted by molar-refractivity contribution is -0.0730. The van der Waals surface area contributed by atoms with Crippen molar-refractivity contribution < 1.29 is 4.74 Å². The molecule has 0 saturated carbocycles. The quantitative estimate of drug-likeness (QED) is 0.684. The van der Waals surface area contributed by atoms with Gasteiger partial charge in [-0.05, 0) is 19.8 Å². The Morgan fingerprint density at radius 2 is 2.17 bits per heavy atom. The van der Waals surface area contributed by atoms with E-state index in [1.165, 1.54) is 6.42 Å². The van der Waals surface area contributed by atoms with Gasteiger partial charge in [0.1, 0.15) is 0 Å². The molecule has 0 bridgehead atoms. The zero-order valence-electron chi connectivity index (χ0n) is 8.63. The molecule has 1 N–H and O–H groups in total. The largest absolute Gasteiger partial charge is 0.372 e. The molecule has 12 heavy (non-hydrogen) atoms. The van der Waals surface area contributed by atoms with Crippen LogP contribution in [0.3, 0.4) is 0 Å². The Hall–Kier alpha value is -0.0800. The molecule has 0 aromatic rings. The Balaban J connectivity index is 2.39. The Kier molecular flexibility index (Phi) is 3.53. The Bertz CT molecular complexity index is 138. The van der Waals surface area contributed by atoms with Gasteiger partial charge in [-0.3, -0.25) is 0 Å². The minimum absolute atomic E-state index is 0.359. The van der Waals surface area contributed by atoms with Crippen molar-refractivity contribution in [1.82, 2.24) is 5.32 Å². The third kappa shape index (κ3) is 2.20. The molecular formula is C10H21NO. The highest BCUT2D eigenvalue weighted by atomic mass is 16.5. The van der Waals surface area contributed by atoms with Crippen LogP contribution in [0.1, 0.15) is 34.1 Å². The van der Waals surface area contributed by atoms with Crippen LogP contribution in [0.25, 0.3) is 0 Å². The number of ether oxygens (including phenoxy) is 1. The van der Waals surface area contributed by atoms with Crippen molar-refractivity contribution in [2.75, 3.05) is 6.54 Å². The molecule has 1 saturated heterocycles. The summed E-state index contributed by atoms with van der Waals surface area (Å²) < 4.78 is 5.89. The molecule has 4 unspecified atom stereocenters. The standard InChI is InChI=1S/C10H21NO/c1-5-7(2)10-6-11-8(3)9(4)12-10/h7-11H,5-6H2,1-4H3. The smallest absolute Gasteiger partial charge is 0.0729 e. The van der Waals surface area contributed by atoms with Crippen molar-refractivity contribution in [2.45, 2.75) is 52.4 Å². The molecule has 2 heteroatoms. The van der Waals surface area contributed by atoms with Crippen molar-refractivity contribution >= 4 is 0 Å². The van der Waals surface area contributed by atoms with Crippen LogP contribution in [0.2, 0.25) is 0 Å². The molecule has 1 aliphatic rings. The van der Waals surface area contributed by atoms with Crippen LogP contribution in [0.5, 0.6) is 0 Å². The number of rotatable bonds is 2. The molecule has 0 aromatic heterocycles. The van der Waals surface area contributed by atoms with Crippen LogP contribution >= 0.6 is 0 Å². The molecule has 0 aromatic carbocycles.